The monoisotopic (exact) mass is 2080 g/mol. The average molecular weight is 2080 g/mol. The topological polar surface area (TPSA) is 439 Å². The van der Waals surface area contributed by atoms with Crippen molar-refractivity contribution in [2.24, 2.45) is 25.9 Å². The second kappa shape index (κ2) is 44.1. The predicted octanol–water partition coefficient (Wildman–Crippen LogP) is 12.7. The molecule has 34 nitrogen and oxygen atoms in total. The van der Waals surface area contributed by atoms with Gasteiger partial charge in [0.1, 0.15) is 71.8 Å². The Kier molecular flexibility index (Phi) is 33.1. The van der Waals surface area contributed by atoms with Crippen molar-refractivity contribution >= 4 is 152 Å². The number of carboxylic acids is 4. The van der Waals surface area contributed by atoms with Gasteiger partial charge in [-0.15, -0.1) is 34.0 Å². The first-order chi connectivity index (χ1) is 65.8. The second-order valence-electron chi connectivity index (χ2n) is 32.2. The van der Waals surface area contributed by atoms with Crippen molar-refractivity contribution in [1.29, 1.82) is 0 Å². The Morgan fingerprint density at radius 1 is 0.453 bits per heavy atom. The number of aliphatic carboxylic acids is 4. The third-order valence-corrected chi connectivity index (χ3v) is 26.4. The highest BCUT2D eigenvalue weighted by molar-refractivity contribution is 7.12. The number of morpholine rings is 1. The largest absolute Gasteiger partial charge is 0.481 e. The number of nitrogens with one attached hydrogen (secondary N) is 4. The van der Waals surface area contributed by atoms with E-state index < -0.39 is 176 Å². The maximum atomic E-state index is 14.4. The molecule has 8 atom stereocenters. The molecule has 51 heteroatoms. The van der Waals surface area contributed by atoms with E-state index in [1.54, 1.807) is 35.7 Å². The third kappa shape index (κ3) is 24.8. The fourth-order valence-corrected chi connectivity index (χ4v) is 19.4. The van der Waals surface area contributed by atoms with Gasteiger partial charge in [-0.2, -0.15) is 0 Å². The lowest BCUT2D eigenvalue weighted by Gasteiger charge is -2.37. The summed E-state index contributed by atoms with van der Waals surface area (Å²) < 4.78 is 171. The van der Waals surface area contributed by atoms with E-state index >= 15 is 0 Å². The van der Waals surface area contributed by atoms with Gasteiger partial charge in [0.25, 0.3) is 23.7 Å². The molecule has 4 aromatic carbocycles. The number of hydrogen-bond donors (Lipinski definition) is 8. The molecular formula is C88H82Cl4F10N16O18S3. The van der Waals surface area contributed by atoms with E-state index in [0.29, 0.717) is 62.2 Å². The quantitative estimate of drug-likeness (QED) is 0.0158. The van der Waals surface area contributed by atoms with E-state index in [4.69, 9.17) is 79.5 Å². The molecule has 8 aromatic rings. The van der Waals surface area contributed by atoms with E-state index in [1.165, 1.54) is 88.7 Å². The van der Waals surface area contributed by atoms with Crippen LogP contribution in [-0.4, -0.2) is 268 Å². The number of oxazole rings is 1. The number of aryl methyl sites for hydroxylation is 3. The summed E-state index contributed by atoms with van der Waals surface area (Å²) in [5, 5.41) is 56.9. The number of aliphatic imine (C=N–C) groups is 4. The van der Waals surface area contributed by atoms with E-state index in [-0.39, 0.29) is 133 Å². The molecule has 0 radical (unpaired) electrons. The molecule has 0 aliphatic carbocycles. The lowest BCUT2D eigenvalue weighted by atomic mass is 9.93. The number of carbonyl (C=O) groups is 8. The number of esters is 4. The molecule has 4 fully saturated rings. The number of amidine groups is 4. The molecule has 139 heavy (non-hydrogen) atoms. The van der Waals surface area contributed by atoms with Crippen LogP contribution in [0.5, 0.6) is 0 Å². The van der Waals surface area contributed by atoms with Gasteiger partial charge in [-0.3, -0.25) is 58.7 Å². The Hall–Kier alpha value is -12.2. The van der Waals surface area contributed by atoms with Gasteiger partial charge in [0.15, 0.2) is 38.4 Å². The minimum Gasteiger partial charge on any atom is -0.481 e. The Balaban J connectivity index is 0.000000156. The molecule has 738 valence electrons. The molecule has 0 bridgehead atoms. The number of methoxy groups -OCH3 is 4. The summed E-state index contributed by atoms with van der Waals surface area (Å²) in [6, 6.07) is 6.53. The van der Waals surface area contributed by atoms with Crippen molar-refractivity contribution in [1.82, 2.24) is 60.8 Å². The van der Waals surface area contributed by atoms with Gasteiger partial charge in [-0.05, 0) is 69.3 Å². The number of nitrogens with zero attached hydrogens (tertiary/aromatic N) is 12. The van der Waals surface area contributed by atoms with Crippen molar-refractivity contribution in [3.05, 3.63) is 250 Å². The maximum Gasteiger partial charge on any atom is 0.338 e. The number of thiazole rings is 3. The Morgan fingerprint density at radius 2 is 0.813 bits per heavy atom. The molecule has 0 spiro atoms. The second-order valence-corrected chi connectivity index (χ2v) is 36.5. The zero-order valence-electron chi connectivity index (χ0n) is 73.7. The van der Waals surface area contributed by atoms with Gasteiger partial charge in [0.2, 0.25) is 0 Å². The molecule has 8 aliphatic heterocycles. The molecular weight excluding hydrogens is 2000 g/mol. The zero-order chi connectivity index (χ0) is 101. The number of ether oxygens (including phenoxy) is 5. The lowest BCUT2D eigenvalue weighted by Crippen LogP contribution is -2.52. The van der Waals surface area contributed by atoms with Crippen LogP contribution in [-0.2, 0) is 62.0 Å². The molecule has 4 saturated heterocycles. The first-order valence-electron chi connectivity index (χ1n) is 41.5. The van der Waals surface area contributed by atoms with Gasteiger partial charge >= 0.3 is 47.8 Å². The van der Waals surface area contributed by atoms with E-state index in [1.807, 2.05) is 12.3 Å². The van der Waals surface area contributed by atoms with E-state index in [0.717, 1.165) is 73.2 Å². The van der Waals surface area contributed by atoms with Gasteiger partial charge in [-0.25, -0.2) is 83.0 Å². The molecule has 16 rings (SSSR count). The highest BCUT2D eigenvalue weighted by Gasteiger charge is 2.52. The Labute approximate surface area is 814 Å². The van der Waals surface area contributed by atoms with E-state index in [9.17, 15) is 103 Å². The number of piperidine rings is 1. The summed E-state index contributed by atoms with van der Waals surface area (Å²) in [7, 11) is 4.67. The smallest absolute Gasteiger partial charge is 0.338 e. The fourth-order valence-electron chi connectivity index (χ4n) is 16.2. The molecule has 0 unspecified atom stereocenters. The number of carbonyl (C=O) groups excluding carboxylic acids is 4. The van der Waals surface area contributed by atoms with Crippen LogP contribution in [0, 0.1) is 50.0 Å². The number of rotatable bonds is 24. The van der Waals surface area contributed by atoms with Crippen LogP contribution in [0.4, 0.5) is 43.9 Å². The van der Waals surface area contributed by atoms with Gasteiger partial charge in [0, 0.05) is 157 Å². The third-order valence-electron chi connectivity index (χ3n) is 22.4. The van der Waals surface area contributed by atoms with Crippen molar-refractivity contribution in [3.63, 3.8) is 0 Å². The summed E-state index contributed by atoms with van der Waals surface area (Å²) in [5.74, 6) is -20.6. The Bertz CT molecular complexity index is 6190. The molecule has 12 heterocycles. The number of halogens is 14. The molecule has 0 amide bonds. The fraction of sp³-hybridized carbons (Fsp3) is 0.364. The van der Waals surface area contributed by atoms with Gasteiger partial charge in [0.05, 0.1) is 95.2 Å². The van der Waals surface area contributed by atoms with Gasteiger partial charge in [-0.1, -0.05) is 70.7 Å². The summed E-state index contributed by atoms with van der Waals surface area (Å²) in [5.41, 5.74) is 3.98. The van der Waals surface area contributed by atoms with Crippen molar-refractivity contribution in [2.45, 2.75) is 100 Å². The number of alkyl halides is 6. The lowest BCUT2D eigenvalue weighted by molar-refractivity contribution is -0.153. The van der Waals surface area contributed by atoms with Gasteiger partial charge < -0.3 is 69.8 Å². The number of carboxylic acid groups (broad SMARTS) is 4. The Morgan fingerprint density at radius 3 is 1.14 bits per heavy atom. The van der Waals surface area contributed by atoms with Crippen molar-refractivity contribution < 1.29 is 131 Å². The standard InChI is InChI=1S/C22H20ClF3N4O5.2C22H20ClF3N4O4S.C22H22ClFN4O5S/c2*1-10-8-35-19(27-10)18-28-14(7-30-9-22(25,26)6-15(30)20(31)32)16(21(33)34-2)17(29-18)12-4-3-11(24)5-13(12)23;1-34-21(33)16-15(9-30-8-11(20(31)32)7-22(25,26)10-30)28-18(19-27-4-5-35-19)29-17(16)13-3-2-12(24)6-14(13)23;1-11-10-34-20(25-11)19-26-15(8-28-5-6-33-9-16(28)21(29)30)17(22(31)32-2)18(27-19)13-4-3-12(24)7-14(13)23/h2*3-5,8,15,17H,6-7,9H2,1-2H3,(H,28,29)(H,31,32);2-6,11,17H,7-10H2,1H3,(H,28,29)(H,31,32);3-4,7,10,16,18H,5-6,8-9H2,1-2H3,(H,26,27)(H,29,30)/t2*15-,17-;11-,17+;16-,18-/m0010/s1. The number of likely N-dealkylation sites (tertiary alicyclic amines) is 3. The summed E-state index contributed by atoms with van der Waals surface area (Å²) in [6.07, 6.45) is 0.403. The van der Waals surface area contributed by atoms with E-state index in [2.05, 4.69) is 56.2 Å². The van der Waals surface area contributed by atoms with Crippen LogP contribution < -0.4 is 21.3 Å². The summed E-state index contributed by atoms with van der Waals surface area (Å²) >= 11 is 29.1. The zero-order valence-corrected chi connectivity index (χ0v) is 79.2. The summed E-state index contributed by atoms with van der Waals surface area (Å²) in [4.78, 5) is 139. The SMILES string of the molecule is COC(=O)C1=C(CN2CC(F)(F)C[C@H]2C(=O)O)NC(c2nc(C)co2)=N[C@H]1c1ccc(F)cc1Cl.COC(=O)C1=C(CN2CC(F)(F)C[C@H]2C(=O)O)NC(c2nc(C)cs2)=N[C@H]1c1ccc(F)cc1Cl.COC(=O)C1=C(CN2CCOC[C@H]2C(=O)O)NC(c2nc(C)cs2)=N[C@H]1c1ccc(F)cc1Cl.COC(=O)C1=C(CN2C[C@H](C(=O)O)CC(F)(F)C2)NC(c2nccs2)=N[C@H]1c1ccc(F)cc1Cl. The highest BCUT2D eigenvalue weighted by atomic mass is 35.5. The number of aromatic nitrogens is 4. The van der Waals surface area contributed by atoms with Crippen molar-refractivity contribution in [3.8, 4) is 0 Å². The van der Waals surface area contributed by atoms with Crippen LogP contribution in [0.15, 0.2) is 171 Å². The van der Waals surface area contributed by atoms with Crippen LogP contribution in [0.3, 0.4) is 0 Å². The molecule has 8 aliphatic rings. The van der Waals surface area contributed by atoms with Crippen molar-refractivity contribution in [2.75, 3.05) is 101 Å². The minimum atomic E-state index is -3.24. The molecule has 4 aromatic heterocycles. The average Bonchev–Trinajstić information content (AvgIpc) is 1.73. The first-order valence-corrected chi connectivity index (χ1v) is 45.7. The normalized spacial score (nSPS) is 21.9. The van der Waals surface area contributed by atoms with Crippen LogP contribution in [0.2, 0.25) is 20.1 Å². The number of benzene rings is 4. The van der Waals surface area contributed by atoms with Crippen LogP contribution in [0.1, 0.15) is 104 Å². The summed E-state index contributed by atoms with van der Waals surface area (Å²) in [6.45, 7) is 2.68. The maximum absolute atomic E-state index is 14.4. The minimum absolute atomic E-state index is 0.00723. The van der Waals surface area contributed by atoms with Crippen LogP contribution in [0.25, 0.3) is 0 Å². The first kappa shape index (κ1) is 104. The predicted molar refractivity (Wildman–Crippen MR) is 485 cm³/mol. The number of hydrogen-bond acceptors (Lipinski definition) is 33. The van der Waals surface area contributed by atoms with Crippen LogP contribution >= 0.6 is 80.4 Å². The molecule has 8 N–H and O–H groups in total. The highest BCUT2D eigenvalue weighted by Crippen LogP contribution is 2.45. The molecule has 0 saturated carbocycles.